The molecule has 0 bridgehead atoms. The van der Waals surface area contributed by atoms with Crippen LogP contribution in [0.3, 0.4) is 0 Å². The molecule has 1 aromatic carbocycles. The molecule has 1 aliphatic rings. The number of anilines is 1. The molecule has 7 heteroatoms. The summed E-state index contributed by atoms with van der Waals surface area (Å²) >= 11 is 1.40. The van der Waals surface area contributed by atoms with Gasteiger partial charge in [-0.25, -0.2) is 4.79 Å². The highest BCUT2D eigenvalue weighted by molar-refractivity contribution is 7.17. The van der Waals surface area contributed by atoms with Crippen molar-refractivity contribution < 1.29 is 24.2 Å². The third-order valence-electron chi connectivity index (χ3n) is 4.83. The highest BCUT2D eigenvalue weighted by Gasteiger charge is 2.30. The van der Waals surface area contributed by atoms with Crippen LogP contribution in [0.4, 0.5) is 5.00 Å². The van der Waals surface area contributed by atoms with E-state index in [1.54, 1.807) is 6.92 Å². The summed E-state index contributed by atoms with van der Waals surface area (Å²) in [4.78, 5) is 36.4. The Bertz CT molecular complexity index is 874. The highest BCUT2D eigenvalue weighted by Crippen LogP contribution is 2.42. The maximum Gasteiger partial charge on any atom is 0.341 e. The van der Waals surface area contributed by atoms with E-state index < -0.39 is 17.8 Å². The lowest BCUT2D eigenvalue weighted by atomic mass is 9.83. The summed E-state index contributed by atoms with van der Waals surface area (Å²) in [5, 5.41) is 12.0. The van der Waals surface area contributed by atoms with Crippen LogP contribution in [0.2, 0.25) is 0 Å². The predicted octanol–water partition coefficient (Wildman–Crippen LogP) is 4.00. The number of amides is 1. The molecule has 3 rings (SSSR count). The minimum atomic E-state index is -1.03. The summed E-state index contributed by atoms with van der Waals surface area (Å²) in [6, 6.07) is 10.3. The fraction of sp³-hybridized carbons (Fsp3) is 0.381. The Balaban J connectivity index is 1.86. The summed E-state index contributed by atoms with van der Waals surface area (Å²) in [5.41, 5.74) is 2.65. The molecule has 0 aliphatic heterocycles. The summed E-state index contributed by atoms with van der Waals surface area (Å²) in [6.45, 7) is 2.00. The molecule has 0 fully saturated rings. The van der Waals surface area contributed by atoms with Crippen molar-refractivity contribution in [3.8, 4) is 0 Å². The molecule has 0 radical (unpaired) electrons. The van der Waals surface area contributed by atoms with Gasteiger partial charge in [-0.05, 0) is 43.2 Å². The van der Waals surface area contributed by atoms with Crippen molar-refractivity contribution >= 4 is 34.2 Å². The Morgan fingerprint density at radius 3 is 2.64 bits per heavy atom. The second-order valence-corrected chi connectivity index (χ2v) is 7.83. The molecule has 2 aromatic rings. The van der Waals surface area contributed by atoms with Crippen LogP contribution in [0, 0.1) is 0 Å². The van der Waals surface area contributed by atoms with Gasteiger partial charge >= 0.3 is 11.9 Å². The average molecular weight is 401 g/mol. The molecule has 0 saturated heterocycles. The van der Waals surface area contributed by atoms with Crippen molar-refractivity contribution in [1.29, 1.82) is 0 Å². The van der Waals surface area contributed by atoms with E-state index in [1.807, 2.05) is 18.2 Å². The van der Waals surface area contributed by atoms with Crippen LogP contribution >= 0.6 is 11.3 Å². The summed E-state index contributed by atoms with van der Waals surface area (Å²) < 4.78 is 5.21. The fourth-order valence-corrected chi connectivity index (χ4v) is 4.84. The molecule has 0 saturated carbocycles. The number of thiophene rings is 1. The van der Waals surface area contributed by atoms with Gasteiger partial charge in [-0.3, -0.25) is 9.59 Å². The Labute approximate surface area is 167 Å². The molecule has 1 heterocycles. The molecule has 1 amide bonds. The zero-order valence-electron chi connectivity index (χ0n) is 15.7. The largest absolute Gasteiger partial charge is 0.481 e. The van der Waals surface area contributed by atoms with Crippen LogP contribution in [0.15, 0.2) is 30.3 Å². The third kappa shape index (κ3) is 4.59. The van der Waals surface area contributed by atoms with Crippen LogP contribution in [0.5, 0.6) is 0 Å². The van der Waals surface area contributed by atoms with E-state index in [9.17, 15) is 14.4 Å². The molecule has 1 aromatic heterocycles. The van der Waals surface area contributed by atoms with E-state index in [0.29, 0.717) is 16.5 Å². The number of ether oxygens (including phenoxy) is 1. The first-order valence-corrected chi connectivity index (χ1v) is 10.2. The van der Waals surface area contributed by atoms with E-state index in [2.05, 4.69) is 17.4 Å². The lowest BCUT2D eigenvalue weighted by molar-refractivity contribution is -0.138. The number of hydrogen-bond acceptors (Lipinski definition) is 5. The van der Waals surface area contributed by atoms with Gasteiger partial charge < -0.3 is 15.2 Å². The van der Waals surface area contributed by atoms with E-state index in [0.717, 1.165) is 29.7 Å². The van der Waals surface area contributed by atoms with Gasteiger partial charge in [0.1, 0.15) is 5.00 Å². The molecule has 1 aliphatic carbocycles. The van der Waals surface area contributed by atoms with Crippen molar-refractivity contribution in [3.63, 3.8) is 0 Å². The van der Waals surface area contributed by atoms with Crippen molar-refractivity contribution in [1.82, 2.24) is 0 Å². The Morgan fingerprint density at radius 1 is 1.21 bits per heavy atom. The Kier molecular flexibility index (Phi) is 6.46. The van der Waals surface area contributed by atoms with Gasteiger partial charge in [-0.1, -0.05) is 30.3 Å². The number of fused-ring (bicyclic) bond motifs is 1. The first kappa shape index (κ1) is 20.1. The van der Waals surface area contributed by atoms with Gasteiger partial charge in [0.2, 0.25) is 5.91 Å². The fourth-order valence-electron chi connectivity index (χ4n) is 3.51. The summed E-state index contributed by atoms with van der Waals surface area (Å²) in [5.74, 6) is -1.51. The molecule has 0 spiro atoms. The molecule has 148 valence electrons. The van der Waals surface area contributed by atoms with Crippen LogP contribution in [0.1, 0.15) is 58.5 Å². The van der Waals surface area contributed by atoms with E-state index in [1.165, 1.54) is 16.9 Å². The Morgan fingerprint density at radius 2 is 1.96 bits per heavy atom. The first-order chi connectivity index (χ1) is 13.5. The highest BCUT2D eigenvalue weighted by atomic mass is 32.1. The first-order valence-electron chi connectivity index (χ1n) is 9.37. The molecular formula is C21H23NO5S. The van der Waals surface area contributed by atoms with Gasteiger partial charge in [0.25, 0.3) is 0 Å². The smallest absolute Gasteiger partial charge is 0.341 e. The van der Waals surface area contributed by atoms with Gasteiger partial charge in [0.15, 0.2) is 0 Å². The number of nitrogens with one attached hydrogen (secondary N) is 1. The maximum atomic E-state index is 12.5. The van der Waals surface area contributed by atoms with Gasteiger partial charge in [0, 0.05) is 11.3 Å². The van der Waals surface area contributed by atoms with Crippen LogP contribution in [-0.4, -0.2) is 29.6 Å². The quantitative estimate of drug-likeness (QED) is 0.684. The lowest BCUT2D eigenvalue weighted by Gasteiger charge is -2.23. The normalized spacial score (nSPS) is 15.5. The van der Waals surface area contributed by atoms with Gasteiger partial charge in [-0.15, -0.1) is 11.3 Å². The summed E-state index contributed by atoms with van der Waals surface area (Å²) in [6.07, 6.45) is 2.09. The van der Waals surface area contributed by atoms with Gasteiger partial charge in [-0.2, -0.15) is 0 Å². The maximum absolute atomic E-state index is 12.5. The predicted molar refractivity (Wildman–Crippen MR) is 107 cm³/mol. The topological polar surface area (TPSA) is 92.7 Å². The molecule has 1 unspecified atom stereocenters. The lowest BCUT2D eigenvalue weighted by Crippen LogP contribution is -2.17. The molecular weight excluding hydrogens is 378 g/mol. The van der Waals surface area contributed by atoms with Crippen molar-refractivity contribution in [2.45, 2.75) is 44.9 Å². The number of aliphatic carboxylic acids is 1. The standard InChI is InChI=1S/C21H23NO5S/c1-2-27-21(26)19-15-9-8-14(13-6-4-3-5-7-13)12-16(15)28-20(19)22-17(23)10-11-18(24)25/h3-7,14H,2,8-12H2,1H3,(H,22,23)(H,24,25). The number of hydrogen-bond donors (Lipinski definition) is 2. The summed E-state index contributed by atoms with van der Waals surface area (Å²) in [7, 11) is 0. The number of esters is 1. The monoisotopic (exact) mass is 401 g/mol. The van der Waals surface area contributed by atoms with Crippen molar-refractivity contribution in [2.24, 2.45) is 0 Å². The number of carbonyl (C=O) groups is 3. The minimum Gasteiger partial charge on any atom is -0.481 e. The van der Waals surface area contributed by atoms with Gasteiger partial charge in [0.05, 0.1) is 18.6 Å². The number of carboxylic acid groups (broad SMARTS) is 1. The average Bonchev–Trinajstić information content (AvgIpc) is 3.04. The van der Waals surface area contributed by atoms with Crippen molar-refractivity contribution in [2.75, 3.05) is 11.9 Å². The number of rotatable bonds is 7. The van der Waals surface area contributed by atoms with Crippen LogP contribution < -0.4 is 5.32 Å². The van der Waals surface area contributed by atoms with E-state index >= 15 is 0 Å². The second-order valence-electron chi connectivity index (χ2n) is 6.72. The molecule has 28 heavy (non-hydrogen) atoms. The zero-order chi connectivity index (χ0) is 20.1. The molecule has 2 N–H and O–H groups in total. The SMILES string of the molecule is CCOC(=O)c1c(NC(=O)CCC(=O)O)sc2c1CCC(c1ccccc1)C2. The number of carbonyl (C=O) groups excluding carboxylic acids is 2. The zero-order valence-corrected chi connectivity index (χ0v) is 16.5. The van der Waals surface area contributed by atoms with E-state index in [4.69, 9.17) is 9.84 Å². The van der Waals surface area contributed by atoms with Crippen LogP contribution in [-0.2, 0) is 27.2 Å². The minimum absolute atomic E-state index is 0.132. The number of carboxylic acids is 1. The van der Waals surface area contributed by atoms with E-state index in [-0.39, 0.29) is 19.4 Å². The number of benzene rings is 1. The Hall–Kier alpha value is -2.67. The van der Waals surface area contributed by atoms with Crippen molar-refractivity contribution in [3.05, 3.63) is 51.9 Å². The van der Waals surface area contributed by atoms with Crippen LogP contribution in [0.25, 0.3) is 0 Å². The molecule has 6 nitrogen and oxygen atoms in total. The molecule has 1 atom stereocenters. The third-order valence-corrected chi connectivity index (χ3v) is 6.00. The second kappa shape index (κ2) is 9.01.